The van der Waals surface area contributed by atoms with Gasteiger partial charge in [-0.15, -0.1) is 0 Å². The fourth-order valence-electron chi connectivity index (χ4n) is 4.51. The van der Waals surface area contributed by atoms with Gasteiger partial charge in [-0.2, -0.15) is 0 Å². The Morgan fingerprint density at radius 2 is 1.79 bits per heavy atom. The lowest BCUT2D eigenvalue weighted by Crippen LogP contribution is -2.33. The molecular weight excluding hydrogens is 430 g/mol. The van der Waals surface area contributed by atoms with Crippen LogP contribution in [0.2, 0.25) is 0 Å². The summed E-state index contributed by atoms with van der Waals surface area (Å²) in [5, 5.41) is 0.0109. The number of nitrogens with one attached hydrogen (secondary N) is 2. The second-order valence-electron chi connectivity index (χ2n) is 8.49. The van der Waals surface area contributed by atoms with E-state index >= 15 is 4.39 Å². The highest BCUT2D eigenvalue weighted by Crippen LogP contribution is 2.35. The Morgan fingerprint density at radius 3 is 2.48 bits per heavy atom. The summed E-state index contributed by atoms with van der Waals surface area (Å²) in [7, 11) is 0. The maximum Gasteiger partial charge on any atom is 0.277 e. The number of carbonyl (C=O) groups excluding carboxylic acids is 1. The van der Waals surface area contributed by atoms with E-state index in [9.17, 15) is 9.18 Å². The molecule has 0 saturated carbocycles. The standard InChI is InChI=1S/C25H26F2N2O4/c26-18-13-19-23(17(14-28-19)25(30)29-33-21-6-2-4-12-32-21)24(27)22(18)16-9-7-15(8-10-16)20-5-1-3-11-31-20/h7-10,13-14,20-21,28H,1-6,11-12H2,(H,29,30). The van der Waals surface area contributed by atoms with E-state index < -0.39 is 23.8 Å². The van der Waals surface area contributed by atoms with Crippen LogP contribution in [0.15, 0.2) is 36.5 Å². The van der Waals surface area contributed by atoms with Gasteiger partial charge in [-0.1, -0.05) is 24.3 Å². The summed E-state index contributed by atoms with van der Waals surface area (Å²) in [5.74, 6) is -2.13. The Morgan fingerprint density at radius 1 is 1.03 bits per heavy atom. The summed E-state index contributed by atoms with van der Waals surface area (Å²) >= 11 is 0. The molecule has 0 bridgehead atoms. The highest BCUT2D eigenvalue weighted by molar-refractivity contribution is 6.07. The first-order valence-corrected chi connectivity index (χ1v) is 11.4. The molecule has 2 atom stereocenters. The van der Waals surface area contributed by atoms with Crippen molar-refractivity contribution in [1.29, 1.82) is 0 Å². The van der Waals surface area contributed by atoms with E-state index in [4.69, 9.17) is 14.3 Å². The van der Waals surface area contributed by atoms with Crippen molar-refractivity contribution in [3.8, 4) is 11.1 Å². The molecule has 6 nitrogen and oxygen atoms in total. The van der Waals surface area contributed by atoms with Crippen LogP contribution in [-0.2, 0) is 14.3 Å². The second-order valence-corrected chi connectivity index (χ2v) is 8.49. The van der Waals surface area contributed by atoms with Gasteiger partial charge in [0.25, 0.3) is 5.91 Å². The number of rotatable bonds is 5. The van der Waals surface area contributed by atoms with Crippen LogP contribution in [0.4, 0.5) is 8.78 Å². The maximum absolute atomic E-state index is 15.6. The number of H-pyrrole nitrogens is 1. The summed E-state index contributed by atoms with van der Waals surface area (Å²) < 4.78 is 41.7. The number of hydroxylamine groups is 1. The molecule has 33 heavy (non-hydrogen) atoms. The van der Waals surface area contributed by atoms with Gasteiger partial charge in [-0.25, -0.2) is 19.1 Å². The first-order chi connectivity index (χ1) is 16.1. The van der Waals surface area contributed by atoms with Crippen molar-refractivity contribution < 1.29 is 27.9 Å². The lowest BCUT2D eigenvalue weighted by molar-refractivity contribution is -0.186. The van der Waals surface area contributed by atoms with Crippen molar-refractivity contribution >= 4 is 16.8 Å². The minimum atomic E-state index is -0.799. The summed E-state index contributed by atoms with van der Waals surface area (Å²) in [6, 6.07) is 8.27. The minimum absolute atomic E-state index is 0.0109. The van der Waals surface area contributed by atoms with Crippen molar-refractivity contribution in [3.05, 3.63) is 59.3 Å². The van der Waals surface area contributed by atoms with Gasteiger partial charge in [0, 0.05) is 31.2 Å². The van der Waals surface area contributed by atoms with Crippen LogP contribution < -0.4 is 5.48 Å². The van der Waals surface area contributed by atoms with Gasteiger partial charge in [0.1, 0.15) is 11.6 Å². The molecule has 2 aromatic carbocycles. The van der Waals surface area contributed by atoms with Crippen LogP contribution in [-0.4, -0.2) is 30.4 Å². The predicted octanol–water partition coefficient (Wildman–Crippen LogP) is 5.54. The Kier molecular flexibility index (Phi) is 6.39. The molecule has 3 aromatic rings. The third-order valence-electron chi connectivity index (χ3n) is 6.28. The van der Waals surface area contributed by atoms with Crippen molar-refractivity contribution in [1.82, 2.24) is 10.5 Å². The molecule has 0 aliphatic carbocycles. The van der Waals surface area contributed by atoms with Gasteiger partial charge < -0.3 is 14.5 Å². The molecule has 2 N–H and O–H groups in total. The van der Waals surface area contributed by atoms with Gasteiger partial charge in [-0.05, 0) is 49.3 Å². The Balaban J connectivity index is 1.42. The van der Waals surface area contributed by atoms with Crippen molar-refractivity contribution in [2.24, 2.45) is 0 Å². The molecule has 2 saturated heterocycles. The number of aromatic amines is 1. The maximum atomic E-state index is 15.6. The molecular formula is C25H26F2N2O4. The van der Waals surface area contributed by atoms with Crippen molar-refractivity contribution in [2.75, 3.05) is 13.2 Å². The Bertz CT molecular complexity index is 1130. The molecule has 2 unspecified atom stereocenters. The van der Waals surface area contributed by atoms with Gasteiger partial charge in [-0.3, -0.25) is 4.79 Å². The molecule has 2 aliphatic rings. The molecule has 2 fully saturated rings. The summed E-state index contributed by atoms with van der Waals surface area (Å²) in [6.07, 6.45) is 6.47. The van der Waals surface area contributed by atoms with Crippen molar-refractivity contribution in [2.45, 2.75) is 50.9 Å². The minimum Gasteiger partial charge on any atom is -0.374 e. The smallest absolute Gasteiger partial charge is 0.277 e. The van der Waals surface area contributed by atoms with E-state index in [1.54, 1.807) is 12.1 Å². The highest BCUT2D eigenvalue weighted by Gasteiger charge is 2.24. The Hall–Kier alpha value is -2.81. The molecule has 1 amide bonds. The monoisotopic (exact) mass is 456 g/mol. The fourth-order valence-corrected chi connectivity index (χ4v) is 4.51. The number of ether oxygens (including phenoxy) is 2. The van der Waals surface area contributed by atoms with E-state index in [2.05, 4.69) is 10.5 Å². The zero-order valence-corrected chi connectivity index (χ0v) is 18.2. The number of amides is 1. The zero-order valence-electron chi connectivity index (χ0n) is 18.2. The normalized spacial score (nSPS) is 21.3. The van der Waals surface area contributed by atoms with Gasteiger partial charge in [0.05, 0.1) is 22.7 Å². The first kappa shape index (κ1) is 22.0. The molecule has 2 aliphatic heterocycles. The predicted molar refractivity (Wildman–Crippen MR) is 118 cm³/mol. The van der Waals surface area contributed by atoms with E-state index in [0.29, 0.717) is 18.6 Å². The number of hydrogen-bond donors (Lipinski definition) is 2. The number of halogens is 2. The van der Waals surface area contributed by atoms with E-state index in [1.807, 2.05) is 12.1 Å². The number of hydrogen-bond acceptors (Lipinski definition) is 4. The third-order valence-corrected chi connectivity index (χ3v) is 6.28. The van der Waals surface area contributed by atoms with Crippen LogP contribution in [0.1, 0.15) is 60.6 Å². The van der Waals surface area contributed by atoms with Crippen LogP contribution in [0.5, 0.6) is 0 Å². The van der Waals surface area contributed by atoms with Crippen LogP contribution in [0.25, 0.3) is 22.0 Å². The fraction of sp³-hybridized carbons (Fsp3) is 0.400. The Labute approximate surface area is 190 Å². The third kappa shape index (κ3) is 4.51. The molecule has 0 spiro atoms. The van der Waals surface area contributed by atoms with Crippen LogP contribution in [0.3, 0.4) is 0 Å². The van der Waals surface area contributed by atoms with E-state index in [0.717, 1.165) is 44.3 Å². The number of carbonyl (C=O) groups is 1. The number of benzene rings is 2. The first-order valence-electron chi connectivity index (χ1n) is 11.4. The van der Waals surface area contributed by atoms with Gasteiger partial charge in [0.2, 0.25) is 0 Å². The molecule has 1 aromatic heterocycles. The highest BCUT2D eigenvalue weighted by atomic mass is 19.1. The largest absolute Gasteiger partial charge is 0.374 e. The molecule has 3 heterocycles. The van der Waals surface area contributed by atoms with Crippen LogP contribution in [0, 0.1) is 11.6 Å². The van der Waals surface area contributed by atoms with Gasteiger partial charge in [0.15, 0.2) is 6.29 Å². The lowest BCUT2D eigenvalue weighted by atomic mass is 9.96. The second kappa shape index (κ2) is 9.59. The molecule has 0 radical (unpaired) electrons. The average Bonchev–Trinajstić information content (AvgIpc) is 3.28. The van der Waals surface area contributed by atoms with Crippen molar-refractivity contribution in [3.63, 3.8) is 0 Å². The van der Waals surface area contributed by atoms with E-state index in [-0.39, 0.29) is 28.1 Å². The van der Waals surface area contributed by atoms with Crippen LogP contribution >= 0.6 is 0 Å². The topological polar surface area (TPSA) is 72.6 Å². The average molecular weight is 456 g/mol. The molecule has 8 heteroatoms. The number of fused-ring (bicyclic) bond motifs is 1. The summed E-state index contributed by atoms with van der Waals surface area (Å²) in [4.78, 5) is 20.8. The summed E-state index contributed by atoms with van der Waals surface area (Å²) in [5.41, 5.74) is 3.77. The molecule has 5 rings (SSSR count). The van der Waals surface area contributed by atoms with E-state index in [1.165, 1.54) is 12.3 Å². The SMILES string of the molecule is O=C(NOC1CCCCO1)c1c[nH]c2cc(F)c(-c3ccc(C4CCCCO4)cc3)c(F)c12. The quantitative estimate of drug-likeness (QED) is 0.495. The lowest BCUT2D eigenvalue weighted by Gasteiger charge is -2.23. The summed E-state index contributed by atoms with van der Waals surface area (Å²) in [6.45, 7) is 1.29. The van der Waals surface area contributed by atoms with Gasteiger partial charge >= 0.3 is 0 Å². The molecule has 174 valence electrons. The number of aromatic nitrogens is 1. The zero-order chi connectivity index (χ0) is 22.8.